The Morgan fingerprint density at radius 2 is 1.50 bits per heavy atom. The van der Waals surface area contributed by atoms with E-state index in [0.717, 1.165) is 27.0 Å². The molecule has 0 bridgehead atoms. The fraction of sp³-hybridized carbons (Fsp3) is 0. The first-order valence-corrected chi connectivity index (χ1v) is 7.44. The zero-order chi connectivity index (χ0) is 14.1. The number of nitrogens with one attached hydrogen (secondary N) is 1. The van der Waals surface area contributed by atoms with Crippen LogP contribution < -0.4 is 0 Å². The Kier molecular flexibility index (Phi) is 3.83. The summed E-state index contributed by atoms with van der Waals surface area (Å²) in [5.74, 6) is 0. The van der Waals surface area contributed by atoms with E-state index in [2.05, 4.69) is 26.1 Å². The molecule has 0 aliphatic rings. The van der Waals surface area contributed by atoms with Gasteiger partial charge in [-0.1, -0.05) is 51.3 Å². The Labute approximate surface area is 134 Å². The van der Waals surface area contributed by atoms with Gasteiger partial charge in [-0.25, -0.2) is 0 Å². The highest BCUT2D eigenvalue weighted by Gasteiger charge is 2.07. The lowest BCUT2D eigenvalue weighted by atomic mass is 10.1. The zero-order valence-electron chi connectivity index (χ0n) is 10.2. The zero-order valence-corrected chi connectivity index (χ0v) is 13.3. The van der Waals surface area contributed by atoms with Gasteiger partial charge in [0.15, 0.2) is 0 Å². The molecule has 1 aromatic heterocycles. The number of nitrogens with zero attached hydrogens (tertiary/aromatic N) is 1. The van der Waals surface area contributed by atoms with Crippen LogP contribution in [0.5, 0.6) is 0 Å². The Hall–Kier alpha value is -1.29. The van der Waals surface area contributed by atoms with E-state index in [1.807, 2.05) is 42.5 Å². The van der Waals surface area contributed by atoms with Crippen molar-refractivity contribution in [1.82, 2.24) is 10.2 Å². The van der Waals surface area contributed by atoms with Crippen LogP contribution in [0.3, 0.4) is 0 Å². The molecule has 0 saturated carbocycles. The summed E-state index contributed by atoms with van der Waals surface area (Å²) in [6.07, 6.45) is 0. The van der Waals surface area contributed by atoms with E-state index in [1.54, 1.807) is 6.07 Å². The normalized spacial score (nSPS) is 10.8. The number of hydrogen-bond acceptors (Lipinski definition) is 1. The van der Waals surface area contributed by atoms with Crippen LogP contribution in [-0.4, -0.2) is 10.2 Å². The van der Waals surface area contributed by atoms with Gasteiger partial charge < -0.3 is 0 Å². The van der Waals surface area contributed by atoms with Crippen molar-refractivity contribution in [3.8, 4) is 22.5 Å². The fourth-order valence-corrected chi connectivity index (χ4v) is 2.74. The van der Waals surface area contributed by atoms with Gasteiger partial charge in [-0.2, -0.15) is 5.10 Å². The minimum atomic E-state index is 0.598. The second-order valence-electron chi connectivity index (χ2n) is 4.33. The number of aromatic amines is 1. The molecule has 5 heteroatoms. The predicted molar refractivity (Wildman–Crippen MR) is 87.2 cm³/mol. The quantitative estimate of drug-likeness (QED) is 0.607. The number of H-pyrrole nitrogens is 1. The fourth-order valence-electron chi connectivity index (χ4n) is 1.95. The van der Waals surface area contributed by atoms with Crippen molar-refractivity contribution in [3.05, 3.63) is 63.0 Å². The summed E-state index contributed by atoms with van der Waals surface area (Å²) in [6, 6.07) is 15.4. The summed E-state index contributed by atoms with van der Waals surface area (Å²) in [7, 11) is 0. The van der Waals surface area contributed by atoms with Crippen molar-refractivity contribution in [2.45, 2.75) is 0 Å². The lowest BCUT2D eigenvalue weighted by Crippen LogP contribution is -1.78. The molecule has 0 spiro atoms. The summed E-state index contributed by atoms with van der Waals surface area (Å²) < 4.78 is 1.04. The lowest BCUT2D eigenvalue weighted by molar-refractivity contribution is 1.10. The first kappa shape index (κ1) is 13.7. The molecule has 0 amide bonds. The van der Waals surface area contributed by atoms with Crippen LogP contribution in [0.15, 0.2) is 53.0 Å². The molecule has 3 aromatic rings. The summed E-state index contributed by atoms with van der Waals surface area (Å²) in [6.45, 7) is 0. The Balaban J connectivity index is 1.99. The molecule has 1 N–H and O–H groups in total. The SMILES string of the molecule is Clc1cc(Cl)cc(-c2cc(-c3ccc(Br)cc3)[nH]n2)c1. The molecule has 0 aliphatic carbocycles. The maximum atomic E-state index is 6.01. The average molecular weight is 368 g/mol. The van der Waals surface area contributed by atoms with Crippen LogP contribution in [0, 0.1) is 0 Å². The number of aromatic nitrogens is 2. The average Bonchev–Trinajstić information content (AvgIpc) is 2.88. The summed E-state index contributed by atoms with van der Waals surface area (Å²) in [4.78, 5) is 0. The summed E-state index contributed by atoms with van der Waals surface area (Å²) in [5.41, 5.74) is 3.72. The van der Waals surface area contributed by atoms with Crippen LogP contribution in [0.25, 0.3) is 22.5 Å². The van der Waals surface area contributed by atoms with E-state index >= 15 is 0 Å². The van der Waals surface area contributed by atoms with Gasteiger partial charge in [0, 0.05) is 20.1 Å². The molecule has 2 aromatic carbocycles. The van der Waals surface area contributed by atoms with E-state index in [-0.39, 0.29) is 0 Å². The van der Waals surface area contributed by atoms with Gasteiger partial charge in [-0.05, 0) is 42.0 Å². The first-order chi connectivity index (χ1) is 9.61. The largest absolute Gasteiger partial charge is 0.277 e. The highest BCUT2D eigenvalue weighted by molar-refractivity contribution is 9.10. The van der Waals surface area contributed by atoms with E-state index in [1.165, 1.54) is 0 Å². The molecule has 100 valence electrons. The molecular formula is C15H9BrCl2N2. The van der Waals surface area contributed by atoms with Crippen molar-refractivity contribution in [2.75, 3.05) is 0 Å². The number of halogens is 3. The molecule has 2 nitrogen and oxygen atoms in total. The van der Waals surface area contributed by atoms with Gasteiger partial charge in [0.2, 0.25) is 0 Å². The van der Waals surface area contributed by atoms with Crippen molar-refractivity contribution < 1.29 is 0 Å². The van der Waals surface area contributed by atoms with E-state index in [4.69, 9.17) is 23.2 Å². The molecule has 1 heterocycles. The second kappa shape index (κ2) is 5.60. The molecule has 20 heavy (non-hydrogen) atoms. The Morgan fingerprint density at radius 3 is 2.15 bits per heavy atom. The maximum absolute atomic E-state index is 6.01. The monoisotopic (exact) mass is 366 g/mol. The summed E-state index contributed by atoms with van der Waals surface area (Å²) in [5, 5.41) is 8.54. The highest BCUT2D eigenvalue weighted by atomic mass is 79.9. The van der Waals surface area contributed by atoms with Gasteiger partial charge in [-0.3, -0.25) is 5.10 Å². The molecule has 0 saturated heterocycles. The predicted octanol–water partition coefficient (Wildman–Crippen LogP) is 5.81. The molecule has 0 atom stereocenters. The standard InChI is InChI=1S/C15H9BrCl2N2/c16-11-3-1-9(2-4-11)14-8-15(20-19-14)10-5-12(17)7-13(18)6-10/h1-8H,(H,19,20). The minimum absolute atomic E-state index is 0.598. The number of benzene rings is 2. The minimum Gasteiger partial charge on any atom is -0.277 e. The van der Waals surface area contributed by atoms with E-state index in [9.17, 15) is 0 Å². The Bertz CT molecular complexity index is 731. The molecular weight excluding hydrogens is 359 g/mol. The van der Waals surface area contributed by atoms with Gasteiger partial charge in [0.25, 0.3) is 0 Å². The van der Waals surface area contributed by atoms with E-state index in [0.29, 0.717) is 10.0 Å². The molecule has 0 unspecified atom stereocenters. The Morgan fingerprint density at radius 1 is 0.850 bits per heavy atom. The third kappa shape index (κ3) is 2.90. The topological polar surface area (TPSA) is 28.7 Å². The van der Waals surface area contributed by atoms with Gasteiger partial charge in [0.05, 0.1) is 11.4 Å². The van der Waals surface area contributed by atoms with Crippen LogP contribution in [0.4, 0.5) is 0 Å². The van der Waals surface area contributed by atoms with Crippen LogP contribution in [0.2, 0.25) is 10.0 Å². The summed E-state index contributed by atoms with van der Waals surface area (Å²) >= 11 is 15.4. The van der Waals surface area contributed by atoms with Crippen LogP contribution in [-0.2, 0) is 0 Å². The number of hydrogen-bond donors (Lipinski definition) is 1. The maximum Gasteiger partial charge on any atom is 0.0928 e. The molecule has 0 fully saturated rings. The third-order valence-corrected chi connectivity index (χ3v) is 3.86. The van der Waals surface area contributed by atoms with Crippen molar-refractivity contribution in [1.29, 1.82) is 0 Å². The molecule has 3 rings (SSSR count). The third-order valence-electron chi connectivity index (χ3n) is 2.89. The first-order valence-electron chi connectivity index (χ1n) is 5.89. The van der Waals surface area contributed by atoms with E-state index < -0.39 is 0 Å². The van der Waals surface area contributed by atoms with Crippen LogP contribution >= 0.6 is 39.1 Å². The van der Waals surface area contributed by atoms with Crippen LogP contribution in [0.1, 0.15) is 0 Å². The highest BCUT2D eigenvalue weighted by Crippen LogP contribution is 2.29. The van der Waals surface area contributed by atoms with Crippen molar-refractivity contribution in [2.24, 2.45) is 0 Å². The lowest BCUT2D eigenvalue weighted by Gasteiger charge is -1.99. The molecule has 0 aliphatic heterocycles. The molecule has 0 radical (unpaired) electrons. The van der Waals surface area contributed by atoms with Crippen molar-refractivity contribution >= 4 is 39.1 Å². The van der Waals surface area contributed by atoms with Gasteiger partial charge >= 0.3 is 0 Å². The van der Waals surface area contributed by atoms with Gasteiger partial charge in [0.1, 0.15) is 0 Å². The van der Waals surface area contributed by atoms with Gasteiger partial charge in [-0.15, -0.1) is 0 Å². The smallest absolute Gasteiger partial charge is 0.0928 e. The second-order valence-corrected chi connectivity index (χ2v) is 6.12. The van der Waals surface area contributed by atoms with Crippen molar-refractivity contribution in [3.63, 3.8) is 0 Å². The number of rotatable bonds is 2.